The molecule has 0 saturated carbocycles. The van der Waals surface area contributed by atoms with Gasteiger partial charge in [-0.25, -0.2) is 0 Å². The summed E-state index contributed by atoms with van der Waals surface area (Å²) in [7, 11) is 2.11. The van der Waals surface area contributed by atoms with Crippen molar-refractivity contribution in [3.63, 3.8) is 0 Å². The van der Waals surface area contributed by atoms with Gasteiger partial charge in [-0.3, -0.25) is 4.90 Å². The van der Waals surface area contributed by atoms with E-state index in [9.17, 15) is 0 Å². The van der Waals surface area contributed by atoms with Gasteiger partial charge in [-0.2, -0.15) is 5.26 Å². The number of aryl methyl sites for hydroxylation is 1. The van der Waals surface area contributed by atoms with Crippen LogP contribution in [0.15, 0.2) is 46.9 Å². The van der Waals surface area contributed by atoms with Crippen molar-refractivity contribution in [2.45, 2.75) is 20.0 Å². The molecule has 102 valence electrons. The second-order valence-corrected chi connectivity index (χ2v) is 5.87. The largest absolute Gasteiger partial charge is 0.298 e. The summed E-state index contributed by atoms with van der Waals surface area (Å²) in [6.45, 7) is 3.82. The van der Waals surface area contributed by atoms with E-state index in [0.717, 1.165) is 23.1 Å². The minimum Gasteiger partial charge on any atom is -0.298 e. The van der Waals surface area contributed by atoms with Gasteiger partial charge in [-0.1, -0.05) is 40.2 Å². The zero-order valence-corrected chi connectivity index (χ0v) is 13.3. The minimum atomic E-state index is 0.722. The minimum absolute atomic E-state index is 0.722. The van der Waals surface area contributed by atoms with Crippen LogP contribution < -0.4 is 0 Å². The Labute approximate surface area is 128 Å². The fourth-order valence-electron chi connectivity index (χ4n) is 2.21. The molecule has 2 rings (SSSR count). The van der Waals surface area contributed by atoms with Crippen LogP contribution in [0.1, 0.15) is 22.3 Å². The number of benzene rings is 2. The summed E-state index contributed by atoms with van der Waals surface area (Å²) >= 11 is 3.58. The van der Waals surface area contributed by atoms with E-state index in [4.69, 9.17) is 5.26 Å². The maximum absolute atomic E-state index is 8.89. The van der Waals surface area contributed by atoms with Gasteiger partial charge < -0.3 is 0 Å². The van der Waals surface area contributed by atoms with Crippen molar-refractivity contribution < 1.29 is 0 Å². The first-order valence-electron chi connectivity index (χ1n) is 6.51. The van der Waals surface area contributed by atoms with E-state index >= 15 is 0 Å². The summed E-state index contributed by atoms with van der Waals surface area (Å²) in [6.07, 6.45) is 0. The molecule has 0 saturated heterocycles. The van der Waals surface area contributed by atoms with Crippen molar-refractivity contribution in [1.82, 2.24) is 4.90 Å². The Morgan fingerprint density at radius 2 is 1.80 bits per heavy atom. The predicted molar refractivity (Wildman–Crippen MR) is 85.2 cm³/mol. The molecule has 2 nitrogen and oxygen atoms in total. The second-order valence-electron chi connectivity index (χ2n) is 5.02. The van der Waals surface area contributed by atoms with E-state index in [-0.39, 0.29) is 0 Å². The van der Waals surface area contributed by atoms with Crippen molar-refractivity contribution in [2.75, 3.05) is 7.05 Å². The first kappa shape index (κ1) is 14.8. The van der Waals surface area contributed by atoms with Crippen LogP contribution in [0.3, 0.4) is 0 Å². The fraction of sp³-hybridized carbons (Fsp3) is 0.235. The summed E-state index contributed by atoms with van der Waals surface area (Å²) in [5, 5.41) is 8.89. The summed E-state index contributed by atoms with van der Waals surface area (Å²) < 4.78 is 1.14. The van der Waals surface area contributed by atoms with Crippen molar-refractivity contribution in [3.8, 4) is 6.07 Å². The number of nitriles is 1. The lowest BCUT2D eigenvalue weighted by Crippen LogP contribution is -2.18. The topological polar surface area (TPSA) is 27.0 Å². The average molecular weight is 329 g/mol. The number of rotatable bonds is 4. The molecule has 0 N–H and O–H groups in total. The van der Waals surface area contributed by atoms with Gasteiger partial charge in [0.05, 0.1) is 11.6 Å². The standard InChI is InChI=1S/C17H17BrN2/c1-13-9-14(10-19)7-8-15(13)11-20(2)12-16-5-3-4-6-17(16)18/h3-9H,11-12H2,1-2H3. The molecule has 0 unspecified atom stereocenters. The molecule has 0 atom stereocenters. The molecule has 0 bridgehead atoms. The predicted octanol–water partition coefficient (Wildman–Crippen LogP) is 4.26. The number of nitrogens with zero attached hydrogens (tertiary/aromatic N) is 2. The Morgan fingerprint density at radius 3 is 2.45 bits per heavy atom. The van der Waals surface area contributed by atoms with Crippen LogP contribution >= 0.6 is 15.9 Å². The van der Waals surface area contributed by atoms with Gasteiger partial charge in [0.25, 0.3) is 0 Å². The smallest absolute Gasteiger partial charge is 0.0991 e. The third-order valence-electron chi connectivity index (χ3n) is 3.31. The van der Waals surface area contributed by atoms with Crippen LogP contribution in [-0.4, -0.2) is 11.9 Å². The van der Waals surface area contributed by atoms with Gasteiger partial charge in [-0.05, 0) is 48.9 Å². The zero-order valence-electron chi connectivity index (χ0n) is 11.7. The van der Waals surface area contributed by atoms with Crippen LogP contribution in [0.2, 0.25) is 0 Å². The number of halogens is 1. The van der Waals surface area contributed by atoms with Crippen LogP contribution in [0.25, 0.3) is 0 Å². The van der Waals surface area contributed by atoms with Crippen LogP contribution in [0, 0.1) is 18.3 Å². The highest BCUT2D eigenvalue weighted by atomic mass is 79.9. The van der Waals surface area contributed by atoms with Crippen LogP contribution in [-0.2, 0) is 13.1 Å². The summed E-state index contributed by atoms with van der Waals surface area (Å²) in [5.41, 5.74) is 4.43. The Kier molecular flexibility index (Phi) is 4.94. The molecule has 0 amide bonds. The maximum Gasteiger partial charge on any atom is 0.0991 e. The van der Waals surface area contributed by atoms with Crippen molar-refractivity contribution in [1.29, 1.82) is 5.26 Å². The average Bonchev–Trinajstić information content (AvgIpc) is 2.43. The Hall–Kier alpha value is -1.63. The molecule has 2 aromatic rings. The fourth-order valence-corrected chi connectivity index (χ4v) is 2.62. The Morgan fingerprint density at radius 1 is 1.10 bits per heavy atom. The molecular weight excluding hydrogens is 312 g/mol. The Bertz CT molecular complexity index is 644. The van der Waals surface area contributed by atoms with Crippen molar-refractivity contribution >= 4 is 15.9 Å². The molecule has 2 aromatic carbocycles. The quantitative estimate of drug-likeness (QED) is 0.838. The third-order valence-corrected chi connectivity index (χ3v) is 4.08. The first-order chi connectivity index (χ1) is 9.60. The zero-order chi connectivity index (χ0) is 14.5. The molecule has 3 heteroatoms. The van der Waals surface area contributed by atoms with Gasteiger partial charge in [0.15, 0.2) is 0 Å². The molecule has 0 aliphatic carbocycles. The lowest BCUT2D eigenvalue weighted by atomic mass is 10.1. The molecule has 0 aromatic heterocycles. The molecule has 0 radical (unpaired) electrons. The van der Waals surface area contributed by atoms with E-state index in [2.05, 4.69) is 59.1 Å². The third kappa shape index (κ3) is 3.69. The highest BCUT2D eigenvalue weighted by Gasteiger charge is 2.07. The molecule has 0 fully saturated rings. The monoisotopic (exact) mass is 328 g/mol. The van der Waals surface area contributed by atoms with E-state index < -0.39 is 0 Å². The van der Waals surface area contributed by atoms with Gasteiger partial charge in [0.1, 0.15) is 0 Å². The molecule has 0 spiro atoms. The van der Waals surface area contributed by atoms with Crippen LogP contribution in [0.5, 0.6) is 0 Å². The molecule has 0 aliphatic rings. The molecule has 20 heavy (non-hydrogen) atoms. The second kappa shape index (κ2) is 6.69. The number of hydrogen-bond donors (Lipinski definition) is 0. The van der Waals surface area contributed by atoms with E-state index in [0.29, 0.717) is 0 Å². The van der Waals surface area contributed by atoms with Gasteiger partial charge in [0.2, 0.25) is 0 Å². The van der Waals surface area contributed by atoms with Crippen LogP contribution in [0.4, 0.5) is 0 Å². The normalized spacial score (nSPS) is 10.6. The lowest BCUT2D eigenvalue weighted by molar-refractivity contribution is 0.318. The van der Waals surface area contributed by atoms with E-state index in [1.165, 1.54) is 16.7 Å². The van der Waals surface area contributed by atoms with Gasteiger partial charge in [-0.15, -0.1) is 0 Å². The van der Waals surface area contributed by atoms with Gasteiger partial charge >= 0.3 is 0 Å². The highest BCUT2D eigenvalue weighted by molar-refractivity contribution is 9.10. The first-order valence-corrected chi connectivity index (χ1v) is 7.31. The van der Waals surface area contributed by atoms with E-state index in [1.807, 2.05) is 24.3 Å². The lowest BCUT2D eigenvalue weighted by Gasteiger charge is -2.19. The van der Waals surface area contributed by atoms with E-state index in [1.54, 1.807) is 0 Å². The van der Waals surface area contributed by atoms with Crippen molar-refractivity contribution in [3.05, 3.63) is 69.2 Å². The molecule has 0 heterocycles. The molecular formula is C17H17BrN2. The summed E-state index contributed by atoms with van der Waals surface area (Å²) in [4.78, 5) is 2.27. The summed E-state index contributed by atoms with van der Waals surface area (Å²) in [5.74, 6) is 0. The van der Waals surface area contributed by atoms with Crippen molar-refractivity contribution in [2.24, 2.45) is 0 Å². The number of hydrogen-bond acceptors (Lipinski definition) is 2. The van der Waals surface area contributed by atoms with Gasteiger partial charge in [0, 0.05) is 17.6 Å². The SMILES string of the molecule is Cc1cc(C#N)ccc1CN(C)Cc1ccccc1Br. The molecule has 0 aliphatic heterocycles. The maximum atomic E-state index is 8.89. The Balaban J connectivity index is 2.07. The highest BCUT2D eigenvalue weighted by Crippen LogP contribution is 2.19. The summed E-state index contributed by atoms with van der Waals surface area (Å²) in [6, 6.07) is 16.3.